The maximum Gasteiger partial charge on any atom is 0.204 e. The van der Waals surface area contributed by atoms with Gasteiger partial charge in [-0.15, -0.1) is 20.4 Å². The first-order valence-corrected chi connectivity index (χ1v) is 4.79. The summed E-state index contributed by atoms with van der Waals surface area (Å²) in [6.07, 6.45) is 0. The summed E-state index contributed by atoms with van der Waals surface area (Å²) in [4.78, 5) is 0. The molecule has 0 N–H and O–H groups in total. The molecule has 0 saturated heterocycles. The molecule has 1 aromatic heterocycles. The molecular formula is C11H12N4. The molecule has 0 atom stereocenters. The predicted octanol–water partition coefficient (Wildman–Crippen LogP) is 1.86. The Morgan fingerprint density at radius 3 is 1.87 bits per heavy atom. The quantitative estimate of drug-likeness (QED) is 0.705. The molecule has 0 amide bonds. The highest BCUT2D eigenvalue weighted by Gasteiger charge is 2.08. The van der Waals surface area contributed by atoms with Gasteiger partial charge in [0.15, 0.2) is 5.82 Å². The normalized spacial score (nSPS) is 10.3. The van der Waals surface area contributed by atoms with Gasteiger partial charge in [-0.3, -0.25) is 0 Å². The predicted molar refractivity (Wildman–Crippen MR) is 57.3 cm³/mol. The number of nitrogens with zero attached hydrogens (tertiary/aromatic N) is 4. The van der Waals surface area contributed by atoms with Gasteiger partial charge in [0.2, 0.25) is 5.82 Å². The Bertz CT molecular complexity index is 456. The zero-order chi connectivity index (χ0) is 10.8. The molecule has 1 heterocycles. The van der Waals surface area contributed by atoms with E-state index in [4.69, 9.17) is 0 Å². The van der Waals surface area contributed by atoms with E-state index in [0.717, 1.165) is 16.7 Å². The average molecular weight is 200 g/mol. The van der Waals surface area contributed by atoms with E-state index >= 15 is 0 Å². The minimum absolute atomic E-state index is 0.588. The van der Waals surface area contributed by atoms with Crippen LogP contribution in [0.3, 0.4) is 0 Å². The number of benzene rings is 1. The van der Waals surface area contributed by atoms with E-state index in [1.54, 1.807) is 6.92 Å². The fourth-order valence-electron chi connectivity index (χ4n) is 1.55. The molecule has 0 aliphatic heterocycles. The van der Waals surface area contributed by atoms with Gasteiger partial charge in [-0.05, 0) is 31.9 Å². The van der Waals surface area contributed by atoms with Crippen molar-refractivity contribution in [1.82, 2.24) is 20.4 Å². The summed E-state index contributed by atoms with van der Waals surface area (Å²) >= 11 is 0. The third kappa shape index (κ3) is 1.83. The van der Waals surface area contributed by atoms with Crippen molar-refractivity contribution in [1.29, 1.82) is 0 Å². The van der Waals surface area contributed by atoms with Crippen LogP contribution in [0.4, 0.5) is 0 Å². The summed E-state index contributed by atoms with van der Waals surface area (Å²) in [5.41, 5.74) is 3.31. The fourth-order valence-corrected chi connectivity index (χ4v) is 1.55. The molecule has 15 heavy (non-hydrogen) atoms. The van der Waals surface area contributed by atoms with Gasteiger partial charge in [-0.25, -0.2) is 0 Å². The van der Waals surface area contributed by atoms with E-state index < -0.39 is 0 Å². The molecule has 0 aliphatic carbocycles. The number of aryl methyl sites for hydroxylation is 3. The van der Waals surface area contributed by atoms with Crippen molar-refractivity contribution >= 4 is 0 Å². The first-order chi connectivity index (χ1) is 7.18. The molecular weight excluding hydrogens is 188 g/mol. The molecule has 4 nitrogen and oxygen atoms in total. The van der Waals surface area contributed by atoms with Crippen LogP contribution in [-0.4, -0.2) is 20.4 Å². The fraction of sp³-hybridized carbons (Fsp3) is 0.273. The third-order valence-corrected chi connectivity index (χ3v) is 2.28. The van der Waals surface area contributed by atoms with Gasteiger partial charge in [0, 0.05) is 5.56 Å². The van der Waals surface area contributed by atoms with Crippen LogP contribution in [-0.2, 0) is 0 Å². The minimum Gasteiger partial charge on any atom is -0.131 e. The largest absolute Gasteiger partial charge is 0.204 e. The van der Waals surface area contributed by atoms with E-state index in [1.807, 2.05) is 32.0 Å². The molecule has 76 valence electrons. The van der Waals surface area contributed by atoms with Crippen molar-refractivity contribution < 1.29 is 0 Å². The van der Waals surface area contributed by atoms with Gasteiger partial charge in [0.1, 0.15) is 0 Å². The van der Waals surface area contributed by atoms with Crippen LogP contribution in [0.5, 0.6) is 0 Å². The average Bonchev–Trinajstić information content (AvgIpc) is 2.20. The molecule has 2 aromatic rings. The molecule has 0 fully saturated rings. The highest BCUT2D eigenvalue weighted by atomic mass is 15.3. The Kier molecular flexibility index (Phi) is 2.41. The van der Waals surface area contributed by atoms with Gasteiger partial charge in [0.05, 0.1) is 0 Å². The van der Waals surface area contributed by atoms with E-state index in [1.165, 1.54) is 0 Å². The number of hydrogen-bond acceptors (Lipinski definition) is 4. The van der Waals surface area contributed by atoms with Crippen molar-refractivity contribution in [2.45, 2.75) is 20.8 Å². The lowest BCUT2D eigenvalue weighted by Gasteiger charge is -2.06. The monoisotopic (exact) mass is 200 g/mol. The van der Waals surface area contributed by atoms with Gasteiger partial charge in [0.25, 0.3) is 0 Å². The molecule has 4 heteroatoms. The first-order valence-electron chi connectivity index (χ1n) is 4.79. The summed E-state index contributed by atoms with van der Waals surface area (Å²) in [6, 6.07) is 6.08. The highest BCUT2D eigenvalue weighted by Crippen LogP contribution is 2.22. The third-order valence-electron chi connectivity index (χ3n) is 2.28. The first kappa shape index (κ1) is 9.71. The summed E-state index contributed by atoms with van der Waals surface area (Å²) in [5, 5.41) is 15.9. The molecule has 0 aliphatic rings. The second-order valence-corrected chi connectivity index (χ2v) is 3.54. The summed E-state index contributed by atoms with van der Waals surface area (Å²) in [5.74, 6) is 1.18. The van der Waals surface area contributed by atoms with Gasteiger partial charge in [-0.1, -0.05) is 18.2 Å². The lowest BCUT2D eigenvalue weighted by molar-refractivity contribution is 0.814. The Hall–Kier alpha value is -1.84. The zero-order valence-electron chi connectivity index (χ0n) is 9.02. The molecule has 0 saturated carbocycles. The van der Waals surface area contributed by atoms with Gasteiger partial charge in [-0.2, -0.15) is 0 Å². The second-order valence-electron chi connectivity index (χ2n) is 3.54. The lowest BCUT2D eigenvalue weighted by Crippen LogP contribution is -2.00. The van der Waals surface area contributed by atoms with Crippen LogP contribution in [0.25, 0.3) is 11.4 Å². The minimum atomic E-state index is 0.588. The summed E-state index contributed by atoms with van der Waals surface area (Å²) in [6.45, 7) is 5.84. The molecule has 0 spiro atoms. The maximum absolute atomic E-state index is 4.05. The van der Waals surface area contributed by atoms with Crippen molar-refractivity contribution in [2.24, 2.45) is 0 Å². The number of aromatic nitrogens is 4. The SMILES string of the molecule is Cc1nnc(-c2c(C)cccc2C)nn1. The van der Waals surface area contributed by atoms with Crippen molar-refractivity contribution in [3.05, 3.63) is 35.2 Å². The van der Waals surface area contributed by atoms with E-state index in [0.29, 0.717) is 11.6 Å². The van der Waals surface area contributed by atoms with Crippen LogP contribution in [0.15, 0.2) is 18.2 Å². The zero-order valence-corrected chi connectivity index (χ0v) is 9.02. The molecule has 2 rings (SSSR count). The van der Waals surface area contributed by atoms with Crippen molar-refractivity contribution in [3.8, 4) is 11.4 Å². The van der Waals surface area contributed by atoms with Crippen LogP contribution in [0.2, 0.25) is 0 Å². The van der Waals surface area contributed by atoms with Gasteiger partial charge >= 0.3 is 0 Å². The van der Waals surface area contributed by atoms with Crippen LogP contribution < -0.4 is 0 Å². The highest BCUT2D eigenvalue weighted by molar-refractivity contribution is 5.63. The molecule has 0 bridgehead atoms. The Morgan fingerprint density at radius 2 is 1.33 bits per heavy atom. The van der Waals surface area contributed by atoms with E-state index in [-0.39, 0.29) is 0 Å². The Labute approximate surface area is 88.4 Å². The lowest BCUT2D eigenvalue weighted by atomic mass is 10.0. The number of rotatable bonds is 1. The molecule has 1 aromatic carbocycles. The van der Waals surface area contributed by atoms with Crippen molar-refractivity contribution in [3.63, 3.8) is 0 Å². The maximum atomic E-state index is 4.05. The van der Waals surface area contributed by atoms with Gasteiger partial charge < -0.3 is 0 Å². The summed E-state index contributed by atoms with van der Waals surface area (Å²) < 4.78 is 0. The number of hydrogen-bond donors (Lipinski definition) is 0. The van der Waals surface area contributed by atoms with Crippen LogP contribution in [0.1, 0.15) is 17.0 Å². The molecule has 0 radical (unpaired) electrons. The second kappa shape index (κ2) is 3.73. The summed E-state index contributed by atoms with van der Waals surface area (Å²) in [7, 11) is 0. The van der Waals surface area contributed by atoms with E-state index in [2.05, 4.69) is 20.4 Å². The van der Waals surface area contributed by atoms with Crippen molar-refractivity contribution in [2.75, 3.05) is 0 Å². The standard InChI is InChI=1S/C11H12N4/c1-7-5-4-6-8(2)10(7)11-14-12-9(3)13-15-11/h4-6H,1-3H3. The topological polar surface area (TPSA) is 51.6 Å². The van der Waals surface area contributed by atoms with Crippen LogP contribution >= 0.6 is 0 Å². The smallest absolute Gasteiger partial charge is 0.131 e. The van der Waals surface area contributed by atoms with E-state index in [9.17, 15) is 0 Å². The molecule has 0 unspecified atom stereocenters. The Morgan fingerprint density at radius 1 is 0.800 bits per heavy atom. The van der Waals surface area contributed by atoms with Crippen LogP contribution in [0, 0.1) is 20.8 Å². The Balaban J connectivity index is 2.58.